The fourth-order valence-electron chi connectivity index (χ4n) is 7.15. The van der Waals surface area contributed by atoms with Crippen molar-refractivity contribution < 1.29 is 19.4 Å². The minimum absolute atomic E-state index is 0.0106. The first-order chi connectivity index (χ1) is 20.9. The topological polar surface area (TPSA) is 97.4 Å². The highest BCUT2D eigenvalue weighted by Gasteiger charge is 2.32. The van der Waals surface area contributed by atoms with E-state index in [1.54, 1.807) is 0 Å². The molecule has 3 unspecified atom stereocenters. The van der Waals surface area contributed by atoms with E-state index in [1.807, 2.05) is 53.1 Å². The molecular weight excluding hydrogens is 542 g/mol. The fourth-order valence-corrected chi connectivity index (χ4v) is 7.15. The Morgan fingerprint density at radius 2 is 1.58 bits per heavy atom. The average molecular weight is 590 g/mol. The van der Waals surface area contributed by atoms with Gasteiger partial charge < -0.3 is 35.2 Å². The van der Waals surface area contributed by atoms with Crippen LogP contribution in [0.25, 0.3) is 0 Å². The average Bonchev–Trinajstić information content (AvgIpc) is 3.48. The molecule has 4 aliphatic rings. The van der Waals surface area contributed by atoms with Gasteiger partial charge in [0.05, 0.1) is 5.60 Å². The Morgan fingerprint density at radius 3 is 2.28 bits per heavy atom. The Hall–Kier alpha value is -3.14. The fraction of sp³-hybridized carbons (Fsp3) is 0.588. The lowest BCUT2D eigenvalue weighted by Gasteiger charge is -2.35. The highest BCUT2D eigenvalue weighted by atomic mass is 16.5. The molecule has 9 heteroatoms. The Labute approximate surface area is 255 Å². The largest absolute Gasteiger partial charge is 0.489 e. The van der Waals surface area contributed by atoms with Gasteiger partial charge in [-0.05, 0) is 87.0 Å². The Morgan fingerprint density at radius 1 is 0.860 bits per heavy atom. The molecule has 3 aliphatic heterocycles. The van der Waals surface area contributed by atoms with Crippen LogP contribution in [0.2, 0.25) is 0 Å². The van der Waals surface area contributed by atoms with E-state index in [0.717, 1.165) is 88.4 Å². The molecule has 4 fully saturated rings. The van der Waals surface area contributed by atoms with Crippen LogP contribution in [0.4, 0.5) is 5.69 Å². The second-order valence-corrected chi connectivity index (χ2v) is 13.0. The number of aliphatic hydroxyl groups is 1. The van der Waals surface area contributed by atoms with Crippen molar-refractivity contribution in [1.29, 1.82) is 0 Å². The third-order valence-electron chi connectivity index (χ3n) is 9.64. The third kappa shape index (κ3) is 7.16. The molecule has 0 bridgehead atoms. The predicted octanol–water partition coefficient (Wildman–Crippen LogP) is 3.23. The van der Waals surface area contributed by atoms with E-state index in [0.29, 0.717) is 43.7 Å². The van der Waals surface area contributed by atoms with Crippen LogP contribution >= 0.6 is 0 Å². The standard InChI is InChI=1S/C34H47N5O4/c1-34(42)11-3-2-5-27(23-34)30-22-26(8-9-31(30)43-29-10-12-36-24-29)33(41)39-19-17-38(18-20-39)32(40)25-6-4-7-28(21-25)37-15-13-35-14-16-37/h4,6-9,21-22,27,29,35-36,42H,2-3,5,10-20,23-24H2,1H3. The number of benzene rings is 2. The minimum atomic E-state index is -0.721. The summed E-state index contributed by atoms with van der Waals surface area (Å²) in [6, 6.07) is 13.8. The molecule has 232 valence electrons. The van der Waals surface area contributed by atoms with Gasteiger partial charge >= 0.3 is 0 Å². The summed E-state index contributed by atoms with van der Waals surface area (Å²) in [7, 11) is 0. The van der Waals surface area contributed by atoms with Crippen LogP contribution in [0.1, 0.15) is 77.6 Å². The first-order valence-corrected chi connectivity index (χ1v) is 16.2. The first-order valence-electron chi connectivity index (χ1n) is 16.2. The normalized spacial score (nSPS) is 26.7. The number of ether oxygens (including phenoxy) is 1. The highest BCUT2D eigenvalue weighted by molar-refractivity contribution is 5.96. The van der Waals surface area contributed by atoms with Gasteiger partial charge in [0.2, 0.25) is 0 Å². The molecule has 3 N–H and O–H groups in total. The number of amides is 2. The molecular formula is C34H47N5O4. The predicted molar refractivity (Wildman–Crippen MR) is 168 cm³/mol. The molecule has 2 amide bonds. The van der Waals surface area contributed by atoms with Crippen molar-refractivity contribution >= 4 is 17.5 Å². The molecule has 3 atom stereocenters. The van der Waals surface area contributed by atoms with Gasteiger partial charge in [0.15, 0.2) is 0 Å². The van der Waals surface area contributed by atoms with E-state index in [-0.39, 0.29) is 23.8 Å². The second kappa shape index (κ2) is 13.2. The van der Waals surface area contributed by atoms with Gasteiger partial charge in [0.1, 0.15) is 11.9 Å². The number of anilines is 1. The summed E-state index contributed by atoms with van der Waals surface area (Å²) in [5.41, 5.74) is 2.76. The van der Waals surface area contributed by atoms with E-state index in [4.69, 9.17) is 4.74 Å². The number of nitrogens with zero attached hydrogens (tertiary/aromatic N) is 3. The van der Waals surface area contributed by atoms with Gasteiger partial charge in [-0.15, -0.1) is 0 Å². The monoisotopic (exact) mass is 589 g/mol. The molecule has 3 saturated heterocycles. The number of carbonyl (C=O) groups is 2. The quantitative estimate of drug-likeness (QED) is 0.445. The summed E-state index contributed by atoms with van der Waals surface area (Å²) < 4.78 is 6.46. The molecule has 0 spiro atoms. The zero-order valence-electron chi connectivity index (χ0n) is 25.5. The smallest absolute Gasteiger partial charge is 0.254 e. The molecule has 2 aromatic carbocycles. The summed E-state index contributed by atoms with van der Waals surface area (Å²) in [5.74, 6) is 0.991. The van der Waals surface area contributed by atoms with Crippen molar-refractivity contribution in [3.8, 4) is 5.75 Å². The van der Waals surface area contributed by atoms with Crippen LogP contribution in [0, 0.1) is 0 Å². The van der Waals surface area contributed by atoms with Crippen LogP contribution in [0.15, 0.2) is 42.5 Å². The summed E-state index contributed by atoms with van der Waals surface area (Å²) in [4.78, 5) is 33.2. The van der Waals surface area contributed by atoms with Gasteiger partial charge in [0, 0.05) is 75.7 Å². The van der Waals surface area contributed by atoms with E-state index < -0.39 is 5.60 Å². The highest BCUT2D eigenvalue weighted by Crippen LogP contribution is 2.41. The molecule has 1 saturated carbocycles. The van der Waals surface area contributed by atoms with E-state index >= 15 is 0 Å². The van der Waals surface area contributed by atoms with Crippen molar-refractivity contribution in [2.75, 3.05) is 70.3 Å². The maximum absolute atomic E-state index is 13.8. The number of nitrogens with one attached hydrogen (secondary N) is 2. The van der Waals surface area contributed by atoms with Crippen molar-refractivity contribution in [1.82, 2.24) is 20.4 Å². The Bertz CT molecular complexity index is 1280. The summed E-state index contributed by atoms with van der Waals surface area (Å²) in [5, 5.41) is 17.8. The summed E-state index contributed by atoms with van der Waals surface area (Å²) in [6.45, 7) is 9.50. The lowest BCUT2D eigenvalue weighted by atomic mass is 9.84. The van der Waals surface area contributed by atoms with Crippen molar-refractivity contribution in [3.63, 3.8) is 0 Å². The van der Waals surface area contributed by atoms with Gasteiger partial charge in [-0.25, -0.2) is 0 Å². The van der Waals surface area contributed by atoms with E-state index in [1.165, 1.54) is 0 Å². The van der Waals surface area contributed by atoms with Crippen molar-refractivity contribution in [3.05, 3.63) is 59.2 Å². The molecule has 1 aliphatic carbocycles. The molecule has 6 rings (SSSR count). The van der Waals surface area contributed by atoms with Crippen molar-refractivity contribution in [2.45, 2.75) is 63.1 Å². The SMILES string of the molecule is CC1(O)CCCCC(c2cc(C(=O)N3CCN(C(=O)c4cccc(N5CCNCC5)c4)CC3)ccc2OC2CCNC2)C1. The number of piperazine rings is 2. The van der Waals surface area contributed by atoms with Gasteiger partial charge in [-0.1, -0.05) is 18.9 Å². The molecule has 2 aromatic rings. The van der Waals surface area contributed by atoms with Crippen molar-refractivity contribution in [2.24, 2.45) is 0 Å². The maximum Gasteiger partial charge on any atom is 0.254 e. The van der Waals surface area contributed by atoms with E-state index in [9.17, 15) is 14.7 Å². The zero-order chi connectivity index (χ0) is 29.8. The lowest BCUT2D eigenvalue weighted by molar-refractivity contribution is 0.0395. The third-order valence-corrected chi connectivity index (χ3v) is 9.64. The number of carbonyl (C=O) groups excluding carboxylic acids is 2. The Kier molecular flexibility index (Phi) is 9.21. The van der Waals surface area contributed by atoms with Crippen LogP contribution in [-0.4, -0.2) is 104 Å². The summed E-state index contributed by atoms with van der Waals surface area (Å²) >= 11 is 0. The van der Waals surface area contributed by atoms with Crippen LogP contribution in [0.5, 0.6) is 5.75 Å². The van der Waals surface area contributed by atoms with E-state index in [2.05, 4.69) is 21.6 Å². The second-order valence-electron chi connectivity index (χ2n) is 13.0. The molecule has 0 aromatic heterocycles. The molecule has 9 nitrogen and oxygen atoms in total. The van der Waals surface area contributed by atoms with Gasteiger partial charge in [-0.3, -0.25) is 9.59 Å². The Balaban J connectivity index is 1.14. The molecule has 3 heterocycles. The lowest BCUT2D eigenvalue weighted by Crippen LogP contribution is -2.50. The van der Waals surface area contributed by atoms with Gasteiger partial charge in [0.25, 0.3) is 11.8 Å². The van der Waals surface area contributed by atoms with Crippen LogP contribution < -0.4 is 20.3 Å². The molecule has 0 radical (unpaired) electrons. The maximum atomic E-state index is 13.8. The first kappa shape index (κ1) is 29.9. The summed E-state index contributed by atoms with van der Waals surface area (Å²) in [6.07, 6.45) is 5.59. The minimum Gasteiger partial charge on any atom is -0.489 e. The number of rotatable bonds is 6. The molecule has 43 heavy (non-hydrogen) atoms. The number of hydrogen-bond acceptors (Lipinski definition) is 7. The number of hydrogen-bond donors (Lipinski definition) is 3. The zero-order valence-corrected chi connectivity index (χ0v) is 25.5. The van der Waals surface area contributed by atoms with Crippen LogP contribution in [0.3, 0.4) is 0 Å². The van der Waals surface area contributed by atoms with Gasteiger partial charge in [-0.2, -0.15) is 0 Å². The van der Waals surface area contributed by atoms with Crippen LogP contribution in [-0.2, 0) is 0 Å².